The van der Waals surface area contributed by atoms with E-state index in [-0.39, 0.29) is 24.6 Å². The van der Waals surface area contributed by atoms with Crippen LogP contribution in [0.5, 0.6) is 0 Å². The van der Waals surface area contributed by atoms with Crippen molar-refractivity contribution in [3.63, 3.8) is 0 Å². The average molecular weight is 288 g/mol. The van der Waals surface area contributed by atoms with Crippen molar-refractivity contribution in [2.24, 2.45) is 0 Å². The largest absolute Gasteiger partial charge is 0.361 e. The van der Waals surface area contributed by atoms with Crippen molar-refractivity contribution in [2.75, 3.05) is 19.7 Å². The molecule has 1 saturated heterocycles. The molecule has 1 heterocycles. The van der Waals surface area contributed by atoms with E-state index in [1.54, 1.807) is 0 Å². The van der Waals surface area contributed by atoms with E-state index in [2.05, 4.69) is 0 Å². The van der Waals surface area contributed by atoms with Crippen LogP contribution >= 0.6 is 0 Å². The van der Waals surface area contributed by atoms with Crippen molar-refractivity contribution in [3.8, 4) is 6.07 Å². The molecule has 2 rings (SSSR count). The summed E-state index contributed by atoms with van der Waals surface area (Å²) in [5, 5.41) is 8.72. The summed E-state index contributed by atoms with van der Waals surface area (Å²) in [7, 11) is -3.95. The molecule has 19 heavy (non-hydrogen) atoms. The minimum absolute atomic E-state index is 0.0690. The lowest BCUT2D eigenvalue weighted by Crippen LogP contribution is -2.45. The van der Waals surface area contributed by atoms with E-state index in [9.17, 15) is 17.2 Å². The van der Waals surface area contributed by atoms with Crippen molar-refractivity contribution in [3.05, 3.63) is 29.8 Å². The van der Waals surface area contributed by atoms with Crippen LogP contribution in [0, 0.1) is 23.0 Å². The van der Waals surface area contributed by atoms with Crippen LogP contribution in [0.1, 0.15) is 0 Å². The number of hydrogen-bond donors (Lipinski definition) is 0. The summed E-state index contributed by atoms with van der Waals surface area (Å²) in [5.74, 6) is -2.35. The molecule has 1 aromatic rings. The Morgan fingerprint density at radius 2 is 2.11 bits per heavy atom. The van der Waals surface area contributed by atoms with Crippen LogP contribution in [-0.4, -0.2) is 38.5 Å². The first kappa shape index (κ1) is 13.9. The average Bonchev–Trinajstić information content (AvgIpc) is 2.41. The molecule has 0 spiro atoms. The predicted molar refractivity (Wildman–Crippen MR) is 60.5 cm³/mol. The summed E-state index contributed by atoms with van der Waals surface area (Å²) < 4.78 is 56.3. The minimum Gasteiger partial charge on any atom is -0.361 e. The third kappa shape index (κ3) is 2.73. The lowest BCUT2D eigenvalue weighted by molar-refractivity contribution is 0.0311. The van der Waals surface area contributed by atoms with Crippen LogP contribution in [0.4, 0.5) is 8.78 Å². The van der Waals surface area contributed by atoms with Gasteiger partial charge in [-0.3, -0.25) is 0 Å². The Bertz CT molecular complexity index is 627. The van der Waals surface area contributed by atoms with Crippen molar-refractivity contribution in [1.82, 2.24) is 4.31 Å². The standard InChI is InChI=1S/C11H10F2N2O3S/c12-10-2-1-9(5-11(10)13)19(16,17)15-3-4-18-8(6-14)7-15/h1-2,5,8H,3-4,7H2. The van der Waals surface area contributed by atoms with E-state index < -0.39 is 27.8 Å². The normalized spacial score (nSPS) is 21.0. The zero-order valence-corrected chi connectivity index (χ0v) is 10.5. The molecule has 1 atom stereocenters. The molecule has 0 radical (unpaired) electrons. The molecule has 0 aromatic heterocycles. The van der Waals surface area contributed by atoms with Crippen molar-refractivity contribution in [1.29, 1.82) is 5.26 Å². The van der Waals surface area contributed by atoms with Crippen LogP contribution in [0.15, 0.2) is 23.1 Å². The molecule has 5 nitrogen and oxygen atoms in total. The second-order valence-corrected chi connectivity index (χ2v) is 5.87. The highest BCUT2D eigenvalue weighted by atomic mass is 32.2. The Labute approximate surface area is 109 Å². The Kier molecular flexibility index (Phi) is 3.80. The van der Waals surface area contributed by atoms with Gasteiger partial charge >= 0.3 is 0 Å². The summed E-state index contributed by atoms with van der Waals surface area (Å²) in [6.45, 7) is 0.0263. The van der Waals surface area contributed by atoms with Crippen LogP contribution in [0.3, 0.4) is 0 Å². The van der Waals surface area contributed by atoms with Gasteiger partial charge in [0.15, 0.2) is 17.7 Å². The van der Waals surface area contributed by atoms with Gasteiger partial charge in [-0.15, -0.1) is 0 Å². The fourth-order valence-corrected chi connectivity index (χ4v) is 3.15. The van der Waals surface area contributed by atoms with Gasteiger partial charge in [-0.2, -0.15) is 9.57 Å². The number of rotatable bonds is 2. The van der Waals surface area contributed by atoms with Gasteiger partial charge in [0, 0.05) is 6.54 Å². The maximum atomic E-state index is 13.1. The van der Waals surface area contributed by atoms with Gasteiger partial charge < -0.3 is 4.74 Å². The van der Waals surface area contributed by atoms with E-state index in [4.69, 9.17) is 10.00 Å². The minimum atomic E-state index is -3.95. The number of benzene rings is 1. The number of nitrogens with zero attached hydrogens (tertiary/aromatic N) is 2. The molecule has 0 bridgehead atoms. The number of nitriles is 1. The number of halogens is 2. The molecule has 8 heteroatoms. The van der Waals surface area contributed by atoms with E-state index in [0.29, 0.717) is 6.07 Å². The quantitative estimate of drug-likeness (QED) is 0.810. The predicted octanol–water partition coefficient (Wildman–Crippen LogP) is 0.878. The molecule has 102 valence electrons. The Hall–Kier alpha value is -1.56. The number of sulfonamides is 1. The topological polar surface area (TPSA) is 70.4 Å². The van der Waals surface area contributed by atoms with Crippen LogP contribution in [0.25, 0.3) is 0 Å². The van der Waals surface area contributed by atoms with Gasteiger partial charge in [-0.25, -0.2) is 17.2 Å². The molecule has 0 N–H and O–H groups in total. The van der Waals surface area contributed by atoms with Gasteiger partial charge in [0.1, 0.15) is 0 Å². The van der Waals surface area contributed by atoms with Crippen LogP contribution in [-0.2, 0) is 14.8 Å². The molecule has 0 amide bonds. The molecule has 0 saturated carbocycles. The summed E-state index contributed by atoms with van der Waals surface area (Å²) >= 11 is 0. The summed E-state index contributed by atoms with van der Waals surface area (Å²) in [5.41, 5.74) is 0. The molecule has 1 unspecified atom stereocenters. The van der Waals surface area contributed by atoms with Crippen molar-refractivity contribution in [2.45, 2.75) is 11.0 Å². The Morgan fingerprint density at radius 1 is 1.37 bits per heavy atom. The lowest BCUT2D eigenvalue weighted by atomic mass is 10.3. The second kappa shape index (κ2) is 5.21. The van der Waals surface area contributed by atoms with E-state index in [1.807, 2.05) is 6.07 Å². The number of hydrogen-bond acceptors (Lipinski definition) is 4. The Balaban J connectivity index is 2.31. The summed E-state index contributed by atoms with van der Waals surface area (Å²) in [4.78, 5) is -0.343. The number of morpholine rings is 1. The zero-order valence-electron chi connectivity index (χ0n) is 9.71. The zero-order chi connectivity index (χ0) is 14.0. The summed E-state index contributed by atoms with van der Waals surface area (Å²) in [6, 6.07) is 4.19. The maximum Gasteiger partial charge on any atom is 0.243 e. The second-order valence-electron chi connectivity index (χ2n) is 3.93. The molecule has 1 aliphatic rings. The SMILES string of the molecule is N#CC1CN(S(=O)(=O)c2ccc(F)c(F)c2)CCO1. The fraction of sp³-hybridized carbons (Fsp3) is 0.364. The first-order valence-electron chi connectivity index (χ1n) is 5.41. The molecule has 1 aliphatic heterocycles. The van der Waals surface area contributed by atoms with Crippen molar-refractivity contribution >= 4 is 10.0 Å². The van der Waals surface area contributed by atoms with E-state index in [0.717, 1.165) is 16.4 Å². The van der Waals surface area contributed by atoms with Crippen molar-refractivity contribution < 1.29 is 21.9 Å². The molecular weight excluding hydrogens is 278 g/mol. The van der Waals surface area contributed by atoms with Gasteiger partial charge in [-0.1, -0.05) is 0 Å². The smallest absolute Gasteiger partial charge is 0.243 e. The third-order valence-electron chi connectivity index (χ3n) is 2.70. The van der Waals surface area contributed by atoms with Gasteiger partial charge in [0.2, 0.25) is 10.0 Å². The summed E-state index contributed by atoms with van der Waals surface area (Å²) in [6.07, 6.45) is -0.853. The van der Waals surface area contributed by atoms with Gasteiger partial charge in [0.25, 0.3) is 0 Å². The number of ether oxygens (including phenoxy) is 1. The maximum absolute atomic E-state index is 13.1. The molecule has 0 aliphatic carbocycles. The molecule has 1 aromatic carbocycles. The van der Waals surface area contributed by atoms with E-state index >= 15 is 0 Å². The first-order chi connectivity index (χ1) is 8.95. The van der Waals surface area contributed by atoms with Crippen LogP contribution in [0.2, 0.25) is 0 Å². The lowest BCUT2D eigenvalue weighted by Gasteiger charge is -2.28. The van der Waals surface area contributed by atoms with E-state index in [1.165, 1.54) is 0 Å². The van der Waals surface area contributed by atoms with Gasteiger partial charge in [-0.05, 0) is 18.2 Å². The molecular formula is C11H10F2N2O3S. The molecule has 1 fully saturated rings. The highest BCUT2D eigenvalue weighted by Gasteiger charge is 2.31. The monoisotopic (exact) mass is 288 g/mol. The van der Waals surface area contributed by atoms with Crippen LogP contribution < -0.4 is 0 Å². The first-order valence-corrected chi connectivity index (χ1v) is 6.85. The Morgan fingerprint density at radius 3 is 2.74 bits per heavy atom. The third-order valence-corrected chi connectivity index (χ3v) is 4.56. The van der Waals surface area contributed by atoms with Gasteiger partial charge in [0.05, 0.1) is 24.1 Å². The highest BCUT2D eigenvalue weighted by Crippen LogP contribution is 2.20. The highest BCUT2D eigenvalue weighted by molar-refractivity contribution is 7.89. The fourth-order valence-electron chi connectivity index (χ4n) is 1.71.